The third-order valence-corrected chi connectivity index (χ3v) is 10.2. The zero-order chi connectivity index (χ0) is 28.2. The van der Waals surface area contributed by atoms with Crippen LogP contribution in [0.2, 0.25) is 10.0 Å². The first-order chi connectivity index (χ1) is 18.6. The van der Waals surface area contributed by atoms with E-state index in [2.05, 4.69) is 0 Å². The molecule has 4 rings (SSSR count). The highest BCUT2D eigenvalue weighted by Gasteiger charge is 2.44. The second-order valence-electron chi connectivity index (χ2n) is 10.4. The van der Waals surface area contributed by atoms with Crippen molar-refractivity contribution in [2.24, 2.45) is 5.41 Å². The number of sulfonamides is 1. The van der Waals surface area contributed by atoms with Crippen LogP contribution >= 0.6 is 23.2 Å². The number of ether oxygens (including phenoxy) is 3. The van der Waals surface area contributed by atoms with Crippen molar-refractivity contribution in [3.63, 3.8) is 0 Å². The zero-order valence-corrected chi connectivity index (χ0v) is 25.0. The molecule has 39 heavy (non-hydrogen) atoms. The minimum absolute atomic E-state index is 0.0370. The molecule has 11 heteroatoms. The van der Waals surface area contributed by atoms with E-state index in [0.717, 1.165) is 37.9 Å². The molecule has 1 amide bonds. The average Bonchev–Trinajstić information content (AvgIpc) is 2.94. The summed E-state index contributed by atoms with van der Waals surface area (Å²) in [7, 11) is -1.15. The van der Waals surface area contributed by atoms with Crippen LogP contribution in [0.25, 0.3) is 0 Å². The van der Waals surface area contributed by atoms with Gasteiger partial charge in [-0.15, -0.1) is 0 Å². The second kappa shape index (κ2) is 12.5. The topological polar surface area (TPSA) is 85.4 Å². The van der Waals surface area contributed by atoms with Crippen molar-refractivity contribution in [2.45, 2.75) is 50.3 Å². The SMILES string of the molecule is COc1cc(OC)c(S(=O)(=O)N2CCC[C@@](COc3ccc(Cl)c(C)c3)(CC(=O)N3CCCCC3)C2)cc1Cl. The van der Waals surface area contributed by atoms with Crippen LogP contribution in [0, 0.1) is 12.3 Å². The van der Waals surface area contributed by atoms with Crippen LogP contribution in [0.3, 0.4) is 0 Å². The molecule has 2 aliphatic rings. The van der Waals surface area contributed by atoms with Gasteiger partial charge in [-0.3, -0.25) is 4.79 Å². The fraction of sp³-hybridized carbons (Fsp3) is 0.536. The Balaban J connectivity index is 1.64. The predicted octanol–water partition coefficient (Wildman–Crippen LogP) is 5.57. The molecule has 0 aliphatic carbocycles. The van der Waals surface area contributed by atoms with Crippen molar-refractivity contribution in [1.29, 1.82) is 0 Å². The summed E-state index contributed by atoms with van der Waals surface area (Å²) in [6.07, 6.45) is 4.53. The number of hydrogen-bond donors (Lipinski definition) is 0. The van der Waals surface area contributed by atoms with Crippen LogP contribution in [0.4, 0.5) is 0 Å². The number of halogens is 2. The average molecular weight is 600 g/mol. The third-order valence-electron chi connectivity index (χ3n) is 7.59. The molecule has 2 aliphatic heterocycles. The number of methoxy groups -OCH3 is 2. The number of piperidine rings is 2. The van der Waals surface area contributed by atoms with Crippen molar-refractivity contribution in [1.82, 2.24) is 9.21 Å². The molecule has 0 aromatic heterocycles. The van der Waals surface area contributed by atoms with Gasteiger partial charge in [-0.2, -0.15) is 4.31 Å². The van der Waals surface area contributed by atoms with Crippen LogP contribution < -0.4 is 14.2 Å². The third kappa shape index (κ3) is 6.76. The number of likely N-dealkylation sites (tertiary alicyclic amines) is 1. The minimum Gasteiger partial charge on any atom is -0.495 e. The summed E-state index contributed by atoms with van der Waals surface area (Å²) in [4.78, 5) is 15.3. The van der Waals surface area contributed by atoms with E-state index in [0.29, 0.717) is 35.9 Å². The van der Waals surface area contributed by atoms with E-state index in [4.69, 9.17) is 37.4 Å². The molecule has 0 N–H and O–H groups in total. The van der Waals surface area contributed by atoms with E-state index >= 15 is 0 Å². The summed E-state index contributed by atoms with van der Waals surface area (Å²) in [5, 5.41) is 0.807. The largest absolute Gasteiger partial charge is 0.495 e. The second-order valence-corrected chi connectivity index (χ2v) is 13.1. The Kier molecular flexibility index (Phi) is 9.57. The summed E-state index contributed by atoms with van der Waals surface area (Å²) < 4.78 is 46.2. The van der Waals surface area contributed by atoms with E-state index in [1.165, 1.54) is 30.7 Å². The van der Waals surface area contributed by atoms with Crippen LogP contribution in [0.15, 0.2) is 35.2 Å². The summed E-state index contributed by atoms with van der Waals surface area (Å²) in [6, 6.07) is 8.24. The van der Waals surface area contributed by atoms with Crippen molar-refractivity contribution < 1.29 is 27.4 Å². The Morgan fingerprint density at radius 3 is 2.33 bits per heavy atom. The minimum atomic E-state index is -4.01. The number of rotatable bonds is 9. The maximum Gasteiger partial charge on any atom is 0.246 e. The van der Waals surface area contributed by atoms with Crippen molar-refractivity contribution >= 4 is 39.1 Å². The summed E-state index contributed by atoms with van der Waals surface area (Å²) >= 11 is 12.5. The normalized spacial score (nSPS) is 20.5. The van der Waals surface area contributed by atoms with Crippen molar-refractivity contribution in [3.8, 4) is 17.2 Å². The molecule has 0 spiro atoms. The maximum atomic E-state index is 13.9. The van der Waals surface area contributed by atoms with E-state index in [1.807, 2.05) is 17.9 Å². The van der Waals surface area contributed by atoms with Gasteiger partial charge in [0.25, 0.3) is 0 Å². The highest BCUT2D eigenvalue weighted by molar-refractivity contribution is 7.89. The Labute approximate surface area is 241 Å². The summed E-state index contributed by atoms with van der Waals surface area (Å²) in [5.74, 6) is 1.13. The number of carbonyl (C=O) groups is 1. The lowest BCUT2D eigenvalue weighted by atomic mass is 9.78. The first kappa shape index (κ1) is 29.8. The molecule has 0 bridgehead atoms. The van der Waals surface area contributed by atoms with Crippen LogP contribution in [-0.2, 0) is 14.8 Å². The summed E-state index contributed by atoms with van der Waals surface area (Å²) in [6.45, 7) is 4.00. The number of amides is 1. The number of benzene rings is 2. The van der Waals surface area contributed by atoms with Crippen LogP contribution in [0.1, 0.15) is 44.1 Å². The lowest BCUT2D eigenvalue weighted by Crippen LogP contribution is -2.51. The van der Waals surface area contributed by atoms with Gasteiger partial charge in [0, 0.05) is 49.1 Å². The number of nitrogens with zero attached hydrogens (tertiary/aromatic N) is 2. The fourth-order valence-corrected chi connectivity index (χ4v) is 7.55. The number of hydrogen-bond acceptors (Lipinski definition) is 6. The molecular weight excluding hydrogens is 563 g/mol. The predicted molar refractivity (Wildman–Crippen MR) is 152 cm³/mol. The van der Waals surface area contributed by atoms with Gasteiger partial charge in [0.05, 0.1) is 25.8 Å². The van der Waals surface area contributed by atoms with Gasteiger partial charge >= 0.3 is 0 Å². The fourth-order valence-electron chi connectivity index (χ4n) is 5.37. The molecule has 2 fully saturated rings. The van der Waals surface area contributed by atoms with E-state index in [1.54, 1.807) is 12.1 Å². The molecule has 2 aromatic rings. The zero-order valence-electron chi connectivity index (χ0n) is 22.7. The van der Waals surface area contributed by atoms with Gasteiger partial charge in [-0.1, -0.05) is 23.2 Å². The molecule has 214 valence electrons. The molecule has 1 atom stereocenters. The number of aryl methyl sites for hydroxylation is 1. The first-order valence-electron chi connectivity index (χ1n) is 13.2. The summed E-state index contributed by atoms with van der Waals surface area (Å²) in [5.41, 5.74) is 0.167. The van der Waals surface area contributed by atoms with Gasteiger partial charge in [0.1, 0.15) is 22.1 Å². The van der Waals surface area contributed by atoms with Gasteiger partial charge in [0.15, 0.2) is 0 Å². The smallest absolute Gasteiger partial charge is 0.246 e. The van der Waals surface area contributed by atoms with Gasteiger partial charge in [0.2, 0.25) is 15.9 Å². The molecule has 8 nitrogen and oxygen atoms in total. The molecule has 2 saturated heterocycles. The van der Waals surface area contributed by atoms with Crippen LogP contribution in [0.5, 0.6) is 17.2 Å². The Morgan fingerprint density at radius 1 is 0.949 bits per heavy atom. The molecule has 0 radical (unpaired) electrons. The first-order valence-corrected chi connectivity index (χ1v) is 15.4. The van der Waals surface area contributed by atoms with Gasteiger partial charge in [-0.25, -0.2) is 8.42 Å². The van der Waals surface area contributed by atoms with Crippen LogP contribution in [-0.4, -0.2) is 70.5 Å². The highest BCUT2D eigenvalue weighted by atomic mass is 35.5. The molecule has 0 saturated carbocycles. The lowest BCUT2D eigenvalue weighted by molar-refractivity contribution is -0.136. The van der Waals surface area contributed by atoms with E-state index < -0.39 is 15.4 Å². The maximum absolute atomic E-state index is 13.9. The van der Waals surface area contributed by atoms with Gasteiger partial charge in [-0.05, 0) is 68.9 Å². The van der Waals surface area contributed by atoms with E-state index in [-0.39, 0.29) is 41.1 Å². The standard InChI is InChI=1S/C28H36Cl2N2O6S/c1-20-14-21(8-9-22(20)29)38-19-28(17-27(33)31-11-5-4-6-12-31)10-7-13-32(18-28)39(34,35)26-15-23(30)24(36-2)16-25(26)37-3/h8-9,14-16H,4-7,10-13,17-19H2,1-3H3/t28-/m1/s1. The highest BCUT2D eigenvalue weighted by Crippen LogP contribution is 2.41. The molecular formula is C28H36Cl2N2O6S. The molecule has 2 heterocycles. The van der Waals surface area contributed by atoms with Gasteiger partial charge < -0.3 is 19.1 Å². The van der Waals surface area contributed by atoms with Crippen molar-refractivity contribution in [3.05, 3.63) is 45.9 Å². The number of carbonyl (C=O) groups excluding carboxylic acids is 1. The molecule has 2 aromatic carbocycles. The Morgan fingerprint density at radius 2 is 1.67 bits per heavy atom. The molecule has 0 unspecified atom stereocenters. The van der Waals surface area contributed by atoms with E-state index in [9.17, 15) is 13.2 Å². The Hall–Kier alpha value is -2.20. The van der Waals surface area contributed by atoms with Crippen molar-refractivity contribution in [2.75, 3.05) is 47.0 Å². The lowest BCUT2D eigenvalue weighted by Gasteiger charge is -2.42. The quantitative estimate of drug-likeness (QED) is 0.375. The monoisotopic (exact) mass is 598 g/mol. The Bertz CT molecular complexity index is 1300.